The minimum atomic E-state index is 0.136. The van der Waals surface area contributed by atoms with Crippen LogP contribution in [-0.2, 0) is 4.74 Å². The SMILES string of the molecule is CCOCCN(CC)CCC(=O)c1cccc(Cl)c1. The summed E-state index contributed by atoms with van der Waals surface area (Å²) in [4.78, 5) is 14.3. The second-order valence-corrected chi connectivity index (χ2v) is 4.75. The Labute approximate surface area is 120 Å². The molecule has 1 rings (SSSR count). The zero-order valence-corrected chi connectivity index (χ0v) is 12.4. The van der Waals surface area contributed by atoms with E-state index in [4.69, 9.17) is 16.3 Å². The molecule has 1 aromatic rings. The monoisotopic (exact) mass is 283 g/mol. The van der Waals surface area contributed by atoms with Gasteiger partial charge in [-0.3, -0.25) is 4.79 Å². The largest absolute Gasteiger partial charge is 0.380 e. The van der Waals surface area contributed by atoms with E-state index in [0.717, 1.165) is 32.8 Å². The van der Waals surface area contributed by atoms with Crippen molar-refractivity contribution >= 4 is 17.4 Å². The smallest absolute Gasteiger partial charge is 0.164 e. The van der Waals surface area contributed by atoms with Gasteiger partial charge >= 0.3 is 0 Å². The van der Waals surface area contributed by atoms with Crippen LogP contribution < -0.4 is 0 Å². The lowest BCUT2D eigenvalue weighted by Gasteiger charge is -2.19. The van der Waals surface area contributed by atoms with Gasteiger partial charge in [0, 0.05) is 36.7 Å². The fourth-order valence-corrected chi connectivity index (χ4v) is 2.02. The first kappa shape index (κ1) is 16.2. The highest BCUT2D eigenvalue weighted by atomic mass is 35.5. The Morgan fingerprint density at radius 2 is 2.11 bits per heavy atom. The second-order valence-electron chi connectivity index (χ2n) is 4.31. The standard InChI is InChI=1S/C15H22ClNO2/c1-3-17(10-11-19-4-2)9-8-15(18)13-6-5-7-14(16)12-13/h5-7,12H,3-4,8-11H2,1-2H3. The molecule has 0 aliphatic rings. The molecule has 0 atom stereocenters. The topological polar surface area (TPSA) is 29.5 Å². The van der Waals surface area contributed by atoms with Crippen molar-refractivity contribution in [3.8, 4) is 0 Å². The molecule has 0 N–H and O–H groups in total. The van der Waals surface area contributed by atoms with E-state index in [2.05, 4.69) is 11.8 Å². The Morgan fingerprint density at radius 3 is 2.74 bits per heavy atom. The number of ketones is 1. The maximum Gasteiger partial charge on any atom is 0.164 e. The summed E-state index contributed by atoms with van der Waals surface area (Å²) in [5, 5.41) is 0.606. The van der Waals surface area contributed by atoms with E-state index in [1.165, 1.54) is 0 Å². The number of ether oxygens (including phenoxy) is 1. The third-order valence-corrected chi connectivity index (χ3v) is 3.24. The summed E-state index contributed by atoms with van der Waals surface area (Å²) in [6.45, 7) is 8.08. The Morgan fingerprint density at radius 1 is 1.32 bits per heavy atom. The summed E-state index contributed by atoms with van der Waals surface area (Å²) in [6.07, 6.45) is 0.514. The fourth-order valence-electron chi connectivity index (χ4n) is 1.83. The molecule has 0 aliphatic carbocycles. The van der Waals surface area contributed by atoms with Gasteiger partial charge in [-0.2, -0.15) is 0 Å². The van der Waals surface area contributed by atoms with E-state index in [-0.39, 0.29) is 5.78 Å². The van der Waals surface area contributed by atoms with Crippen LogP contribution in [0.3, 0.4) is 0 Å². The Balaban J connectivity index is 2.39. The zero-order valence-electron chi connectivity index (χ0n) is 11.7. The number of hydrogen-bond donors (Lipinski definition) is 0. The molecule has 0 aliphatic heterocycles. The summed E-state index contributed by atoms with van der Waals surface area (Å²) >= 11 is 5.88. The molecule has 106 valence electrons. The number of halogens is 1. The van der Waals surface area contributed by atoms with E-state index in [0.29, 0.717) is 17.0 Å². The van der Waals surface area contributed by atoms with Crippen LogP contribution in [-0.4, -0.2) is 43.5 Å². The van der Waals surface area contributed by atoms with Crippen LogP contribution >= 0.6 is 11.6 Å². The van der Waals surface area contributed by atoms with E-state index in [9.17, 15) is 4.79 Å². The van der Waals surface area contributed by atoms with Crippen molar-refractivity contribution in [2.75, 3.05) is 32.8 Å². The molecule has 0 radical (unpaired) electrons. The first-order valence-electron chi connectivity index (χ1n) is 6.76. The Kier molecular flexibility index (Phi) is 7.72. The molecule has 19 heavy (non-hydrogen) atoms. The average Bonchev–Trinajstić information content (AvgIpc) is 2.42. The summed E-state index contributed by atoms with van der Waals surface area (Å²) in [7, 11) is 0. The number of hydrogen-bond acceptors (Lipinski definition) is 3. The number of carbonyl (C=O) groups excluding carboxylic acids is 1. The minimum Gasteiger partial charge on any atom is -0.380 e. The lowest BCUT2D eigenvalue weighted by atomic mass is 10.1. The molecular formula is C15H22ClNO2. The van der Waals surface area contributed by atoms with E-state index in [1.54, 1.807) is 12.1 Å². The molecule has 0 amide bonds. The number of benzene rings is 1. The normalized spacial score (nSPS) is 10.9. The molecule has 0 spiro atoms. The van der Waals surface area contributed by atoms with Gasteiger partial charge in [0.2, 0.25) is 0 Å². The predicted octanol–water partition coefficient (Wildman–Crippen LogP) is 3.27. The third kappa shape index (κ3) is 6.19. The molecule has 0 unspecified atom stereocenters. The van der Waals surface area contributed by atoms with Crippen molar-refractivity contribution < 1.29 is 9.53 Å². The van der Waals surface area contributed by atoms with E-state index >= 15 is 0 Å². The summed E-state index contributed by atoms with van der Waals surface area (Å²) in [5.74, 6) is 0.136. The molecule has 0 saturated heterocycles. The molecule has 4 heteroatoms. The van der Waals surface area contributed by atoms with Gasteiger partial charge in [0.25, 0.3) is 0 Å². The van der Waals surface area contributed by atoms with E-state index < -0.39 is 0 Å². The number of carbonyl (C=O) groups is 1. The number of nitrogens with zero attached hydrogens (tertiary/aromatic N) is 1. The second kappa shape index (κ2) is 9.08. The van der Waals surface area contributed by atoms with Crippen molar-refractivity contribution in [2.24, 2.45) is 0 Å². The molecule has 0 bridgehead atoms. The van der Waals surface area contributed by atoms with Crippen LogP contribution in [0, 0.1) is 0 Å². The van der Waals surface area contributed by atoms with Crippen molar-refractivity contribution in [3.05, 3.63) is 34.9 Å². The maximum atomic E-state index is 12.0. The van der Waals surface area contributed by atoms with E-state index in [1.807, 2.05) is 19.1 Å². The van der Waals surface area contributed by atoms with Gasteiger partial charge in [0.05, 0.1) is 6.61 Å². The number of rotatable bonds is 9. The average molecular weight is 284 g/mol. The number of likely N-dealkylation sites (N-methyl/N-ethyl adjacent to an activating group) is 1. The summed E-state index contributed by atoms with van der Waals surface area (Å²) in [6, 6.07) is 7.12. The quantitative estimate of drug-likeness (QED) is 0.515. The molecular weight excluding hydrogens is 262 g/mol. The zero-order chi connectivity index (χ0) is 14.1. The Bertz CT molecular complexity index is 395. The molecule has 3 nitrogen and oxygen atoms in total. The molecule has 1 aromatic carbocycles. The van der Waals surface area contributed by atoms with Crippen LogP contribution in [0.4, 0.5) is 0 Å². The fraction of sp³-hybridized carbons (Fsp3) is 0.533. The molecule has 0 saturated carbocycles. The van der Waals surface area contributed by atoms with Crippen LogP contribution in [0.15, 0.2) is 24.3 Å². The molecule has 0 heterocycles. The van der Waals surface area contributed by atoms with Gasteiger partial charge in [-0.15, -0.1) is 0 Å². The van der Waals surface area contributed by atoms with Crippen LogP contribution in [0.5, 0.6) is 0 Å². The highest BCUT2D eigenvalue weighted by molar-refractivity contribution is 6.31. The molecule has 0 aromatic heterocycles. The van der Waals surface area contributed by atoms with Gasteiger partial charge in [-0.05, 0) is 25.6 Å². The number of Topliss-reactive ketones (excluding diaryl/α,β-unsaturated/α-hetero) is 1. The van der Waals surface area contributed by atoms with Crippen molar-refractivity contribution in [3.63, 3.8) is 0 Å². The van der Waals surface area contributed by atoms with Gasteiger partial charge in [-0.25, -0.2) is 0 Å². The predicted molar refractivity (Wildman–Crippen MR) is 79.0 cm³/mol. The Hall–Kier alpha value is -0.900. The lowest BCUT2D eigenvalue weighted by Crippen LogP contribution is -2.29. The maximum absolute atomic E-state index is 12.0. The van der Waals surface area contributed by atoms with Gasteiger partial charge in [0.15, 0.2) is 5.78 Å². The highest BCUT2D eigenvalue weighted by Crippen LogP contribution is 2.12. The third-order valence-electron chi connectivity index (χ3n) is 3.00. The molecule has 0 fully saturated rings. The first-order chi connectivity index (χ1) is 9.17. The summed E-state index contributed by atoms with van der Waals surface area (Å²) < 4.78 is 5.33. The van der Waals surface area contributed by atoms with Crippen LogP contribution in [0.25, 0.3) is 0 Å². The van der Waals surface area contributed by atoms with Crippen LogP contribution in [0.1, 0.15) is 30.6 Å². The summed E-state index contributed by atoms with van der Waals surface area (Å²) in [5.41, 5.74) is 0.688. The van der Waals surface area contributed by atoms with Crippen molar-refractivity contribution in [2.45, 2.75) is 20.3 Å². The van der Waals surface area contributed by atoms with Gasteiger partial charge < -0.3 is 9.64 Å². The first-order valence-corrected chi connectivity index (χ1v) is 7.14. The van der Waals surface area contributed by atoms with Gasteiger partial charge in [-0.1, -0.05) is 30.7 Å². The van der Waals surface area contributed by atoms with Crippen LogP contribution in [0.2, 0.25) is 5.02 Å². The van der Waals surface area contributed by atoms with Crippen molar-refractivity contribution in [1.82, 2.24) is 4.90 Å². The van der Waals surface area contributed by atoms with Crippen molar-refractivity contribution in [1.29, 1.82) is 0 Å². The van der Waals surface area contributed by atoms with Gasteiger partial charge in [0.1, 0.15) is 0 Å². The lowest BCUT2D eigenvalue weighted by molar-refractivity contribution is 0.0930. The minimum absolute atomic E-state index is 0.136. The highest BCUT2D eigenvalue weighted by Gasteiger charge is 2.09.